The van der Waals surface area contributed by atoms with E-state index in [-0.39, 0.29) is 4.83 Å². The van der Waals surface area contributed by atoms with Gasteiger partial charge in [0.2, 0.25) is 0 Å². The van der Waals surface area contributed by atoms with E-state index in [1.807, 2.05) is 24.3 Å². The number of benzene rings is 1. The van der Waals surface area contributed by atoms with Crippen LogP contribution in [0.15, 0.2) is 24.3 Å². The molecule has 1 aromatic heterocycles. The average molecular weight is 380 g/mol. The van der Waals surface area contributed by atoms with Crippen LogP contribution in [0.2, 0.25) is 8.67 Å². The number of hydrogen-bond acceptors (Lipinski definition) is 3. The summed E-state index contributed by atoms with van der Waals surface area (Å²) in [5.74, 6) is 1.55. The highest BCUT2D eigenvalue weighted by molar-refractivity contribution is 9.09. The third kappa shape index (κ3) is 2.72. The van der Waals surface area contributed by atoms with Gasteiger partial charge in [-0.2, -0.15) is 0 Å². The molecule has 0 aliphatic carbocycles. The molecule has 0 saturated carbocycles. The van der Waals surface area contributed by atoms with Crippen LogP contribution in [0.5, 0.6) is 11.5 Å². The monoisotopic (exact) mass is 378 g/mol. The smallest absolute Gasteiger partial charge is 0.161 e. The summed E-state index contributed by atoms with van der Waals surface area (Å²) in [7, 11) is 0. The van der Waals surface area contributed by atoms with E-state index in [1.54, 1.807) is 0 Å². The van der Waals surface area contributed by atoms with Crippen LogP contribution in [0.4, 0.5) is 0 Å². The van der Waals surface area contributed by atoms with E-state index < -0.39 is 0 Å². The maximum absolute atomic E-state index is 6.18. The van der Waals surface area contributed by atoms with Gasteiger partial charge in [-0.25, -0.2) is 0 Å². The Bertz CT molecular complexity index is 615. The van der Waals surface area contributed by atoms with Gasteiger partial charge in [0.25, 0.3) is 0 Å². The van der Waals surface area contributed by atoms with Gasteiger partial charge in [0.15, 0.2) is 11.5 Å². The van der Waals surface area contributed by atoms with Gasteiger partial charge in [0.1, 0.15) is 13.2 Å². The summed E-state index contributed by atoms with van der Waals surface area (Å²) < 4.78 is 12.5. The molecule has 0 spiro atoms. The molecule has 0 N–H and O–H groups in total. The molecule has 1 aliphatic rings. The zero-order valence-corrected chi connectivity index (χ0v) is 13.6. The number of alkyl halides is 1. The molecule has 3 rings (SSSR count). The Balaban J connectivity index is 1.95. The van der Waals surface area contributed by atoms with Crippen LogP contribution in [0, 0.1) is 0 Å². The molecular formula is C13H9BrCl2O2S. The Morgan fingerprint density at radius 2 is 1.84 bits per heavy atom. The van der Waals surface area contributed by atoms with Crippen molar-refractivity contribution < 1.29 is 9.47 Å². The molecule has 0 amide bonds. The van der Waals surface area contributed by atoms with Gasteiger partial charge >= 0.3 is 0 Å². The molecule has 2 nitrogen and oxygen atoms in total. The normalized spacial score (nSPS) is 15.3. The van der Waals surface area contributed by atoms with Crippen LogP contribution in [0.25, 0.3) is 0 Å². The molecule has 0 bridgehead atoms. The van der Waals surface area contributed by atoms with Gasteiger partial charge in [0.05, 0.1) is 13.5 Å². The molecule has 1 atom stereocenters. The first-order valence-electron chi connectivity index (χ1n) is 5.63. The van der Waals surface area contributed by atoms with E-state index in [4.69, 9.17) is 32.7 Å². The number of fused-ring (bicyclic) bond motifs is 1. The van der Waals surface area contributed by atoms with Crippen molar-refractivity contribution in [2.75, 3.05) is 13.2 Å². The molecule has 2 heterocycles. The third-order valence-corrected chi connectivity index (χ3v) is 5.35. The number of ether oxygens (including phenoxy) is 2. The van der Waals surface area contributed by atoms with E-state index in [1.165, 1.54) is 11.3 Å². The van der Waals surface area contributed by atoms with Gasteiger partial charge in [0, 0.05) is 5.56 Å². The molecule has 0 fully saturated rings. The van der Waals surface area contributed by atoms with Gasteiger partial charge in [-0.05, 0) is 23.8 Å². The SMILES string of the molecule is Clc1cc(C(Br)c2ccc3c(c2)OCCO3)c(Cl)s1. The average Bonchev–Trinajstić information content (AvgIpc) is 2.76. The Morgan fingerprint density at radius 3 is 2.53 bits per heavy atom. The summed E-state index contributed by atoms with van der Waals surface area (Å²) in [6.07, 6.45) is 0. The molecule has 2 aromatic rings. The highest BCUT2D eigenvalue weighted by atomic mass is 79.9. The minimum atomic E-state index is -0.0143. The second-order valence-corrected chi connectivity index (χ2v) is 7.25. The van der Waals surface area contributed by atoms with Crippen molar-refractivity contribution in [2.45, 2.75) is 4.83 Å². The van der Waals surface area contributed by atoms with Crippen molar-refractivity contribution in [3.63, 3.8) is 0 Å². The number of thiophene rings is 1. The molecular weight excluding hydrogens is 371 g/mol. The maximum Gasteiger partial charge on any atom is 0.161 e. The zero-order chi connectivity index (χ0) is 13.4. The summed E-state index contributed by atoms with van der Waals surface area (Å²) in [4.78, 5) is -0.0143. The minimum absolute atomic E-state index is 0.0143. The zero-order valence-electron chi connectivity index (χ0n) is 9.66. The Morgan fingerprint density at radius 1 is 1.11 bits per heavy atom. The second-order valence-electron chi connectivity index (χ2n) is 4.05. The van der Waals surface area contributed by atoms with Crippen LogP contribution in [-0.4, -0.2) is 13.2 Å². The van der Waals surface area contributed by atoms with Crippen molar-refractivity contribution in [3.05, 3.63) is 44.1 Å². The quantitative estimate of drug-likeness (QED) is 0.658. The Kier molecular flexibility index (Phi) is 3.94. The standard InChI is InChI=1S/C13H9BrCl2O2S/c14-12(8-6-11(15)19-13(8)16)7-1-2-9-10(5-7)18-4-3-17-9/h1-2,5-6,12H,3-4H2. The molecule has 0 radical (unpaired) electrons. The summed E-state index contributed by atoms with van der Waals surface area (Å²) in [6.45, 7) is 1.17. The molecule has 6 heteroatoms. The maximum atomic E-state index is 6.18. The summed E-state index contributed by atoms with van der Waals surface area (Å²) >= 11 is 17.2. The summed E-state index contributed by atoms with van der Waals surface area (Å²) in [5, 5.41) is 0. The van der Waals surface area contributed by atoms with Crippen molar-refractivity contribution >= 4 is 50.5 Å². The van der Waals surface area contributed by atoms with Crippen molar-refractivity contribution in [2.24, 2.45) is 0 Å². The number of rotatable bonds is 2. The van der Waals surface area contributed by atoms with Crippen LogP contribution >= 0.6 is 50.5 Å². The summed E-state index contributed by atoms with van der Waals surface area (Å²) in [6, 6.07) is 7.76. The fraction of sp³-hybridized carbons (Fsp3) is 0.231. The van der Waals surface area contributed by atoms with Crippen LogP contribution in [0.3, 0.4) is 0 Å². The third-order valence-electron chi connectivity index (χ3n) is 2.81. The molecule has 1 aliphatic heterocycles. The van der Waals surface area contributed by atoms with Crippen LogP contribution < -0.4 is 9.47 Å². The predicted molar refractivity (Wildman–Crippen MR) is 82.5 cm³/mol. The van der Waals surface area contributed by atoms with Gasteiger partial charge < -0.3 is 9.47 Å². The number of halogens is 3. The predicted octanol–water partition coefficient (Wildman–Crippen LogP) is 5.31. The van der Waals surface area contributed by atoms with Gasteiger partial charge in [-0.15, -0.1) is 11.3 Å². The molecule has 1 aromatic carbocycles. The lowest BCUT2D eigenvalue weighted by atomic mass is 10.1. The minimum Gasteiger partial charge on any atom is -0.486 e. The molecule has 0 saturated heterocycles. The lowest BCUT2D eigenvalue weighted by Crippen LogP contribution is -2.15. The van der Waals surface area contributed by atoms with Crippen LogP contribution in [0.1, 0.15) is 16.0 Å². The Hall–Kier alpha value is -0.420. The lowest BCUT2D eigenvalue weighted by molar-refractivity contribution is 0.171. The van der Waals surface area contributed by atoms with Crippen molar-refractivity contribution in [3.8, 4) is 11.5 Å². The largest absolute Gasteiger partial charge is 0.486 e. The van der Waals surface area contributed by atoms with Gasteiger partial charge in [-0.3, -0.25) is 0 Å². The molecule has 100 valence electrons. The van der Waals surface area contributed by atoms with E-state index in [0.717, 1.165) is 22.6 Å². The highest BCUT2D eigenvalue weighted by Gasteiger charge is 2.19. The molecule has 1 unspecified atom stereocenters. The van der Waals surface area contributed by atoms with Gasteiger partial charge in [-0.1, -0.05) is 45.2 Å². The molecule has 19 heavy (non-hydrogen) atoms. The fourth-order valence-corrected chi connectivity index (χ4v) is 4.38. The first-order chi connectivity index (χ1) is 9.15. The Labute approximate surface area is 133 Å². The second kappa shape index (κ2) is 5.52. The van der Waals surface area contributed by atoms with E-state index >= 15 is 0 Å². The van der Waals surface area contributed by atoms with Crippen molar-refractivity contribution in [1.82, 2.24) is 0 Å². The highest BCUT2D eigenvalue weighted by Crippen LogP contribution is 2.43. The van der Waals surface area contributed by atoms with Crippen LogP contribution in [-0.2, 0) is 0 Å². The number of hydrogen-bond donors (Lipinski definition) is 0. The fourth-order valence-electron chi connectivity index (χ4n) is 1.92. The summed E-state index contributed by atoms with van der Waals surface area (Å²) in [5.41, 5.74) is 2.02. The first kappa shape index (κ1) is 13.6. The van der Waals surface area contributed by atoms with Crippen molar-refractivity contribution in [1.29, 1.82) is 0 Å². The topological polar surface area (TPSA) is 18.5 Å². The van der Waals surface area contributed by atoms with E-state index in [9.17, 15) is 0 Å². The lowest BCUT2D eigenvalue weighted by Gasteiger charge is -2.20. The van der Waals surface area contributed by atoms with E-state index in [0.29, 0.717) is 21.9 Å². The van der Waals surface area contributed by atoms with E-state index in [2.05, 4.69) is 15.9 Å². The first-order valence-corrected chi connectivity index (χ1v) is 8.12.